The maximum absolute atomic E-state index is 13.3. The summed E-state index contributed by atoms with van der Waals surface area (Å²) in [6.45, 7) is 2.13. The number of piperidine rings is 1. The normalized spacial score (nSPS) is 19.8. The largest absolute Gasteiger partial charge is 0.489 e. The van der Waals surface area contributed by atoms with Gasteiger partial charge in [0.2, 0.25) is 5.96 Å². The molecule has 34 heavy (non-hydrogen) atoms. The lowest BCUT2D eigenvalue weighted by Crippen LogP contribution is -2.54. The van der Waals surface area contributed by atoms with Gasteiger partial charge in [-0.3, -0.25) is 10.3 Å². The van der Waals surface area contributed by atoms with E-state index in [0.29, 0.717) is 32.2 Å². The number of hydrogen-bond donors (Lipinski definition) is 3. The third-order valence-corrected chi connectivity index (χ3v) is 6.49. The Hall–Kier alpha value is -3.37. The van der Waals surface area contributed by atoms with Crippen molar-refractivity contribution in [1.29, 1.82) is 0 Å². The number of urea groups is 1. The van der Waals surface area contributed by atoms with Gasteiger partial charge in [0.1, 0.15) is 18.2 Å². The van der Waals surface area contributed by atoms with E-state index in [1.807, 2.05) is 18.2 Å². The van der Waals surface area contributed by atoms with Crippen LogP contribution in [-0.4, -0.2) is 54.2 Å². The van der Waals surface area contributed by atoms with Gasteiger partial charge >= 0.3 is 6.03 Å². The van der Waals surface area contributed by atoms with Crippen molar-refractivity contribution in [2.24, 2.45) is 16.8 Å². The SMILES string of the molecule is CN(N)/C(=N\N)NC(=O)N1CCC2(CC1)C[C@@H](c1ccc(OCc3cccc(F)c3)cc1)CO2. The summed E-state index contributed by atoms with van der Waals surface area (Å²) in [6.07, 6.45) is 2.44. The van der Waals surface area contributed by atoms with E-state index < -0.39 is 0 Å². The summed E-state index contributed by atoms with van der Waals surface area (Å²) in [5.74, 6) is 11.7. The zero-order valence-corrected chi connectivity index (χ0v) is 19.2. The first kappa shape index (κ1) is 23.8. The number of nitrogens with two attached hydrogens (primary N) is 2. The van der Waals surface area contributed by atoms with Crippen molar-refractivity contribution < 1.29 is 18.7 Å². The number of hydrazine groups is 1. The topological polar surface area (TPSA) is 118 Å². The van der Waals surface area contributed by atoms with Crippen molar-refractivity contribution in [3.8, 4) is 5.75 Å². The van der Waals surface area contributed by atoms with Gasteiger partial charge in [-0.15, -0.1) is 5.10 Å². The Morgan fingerprint density at radius 1 is 1.29 bits per heavy atom. The molecule has 1 atom stereocenters. The minimum Gasteiger partial charge on any atom is -0.489 e. The number of hydrogen-bond acceptors (Lipinski definition) is 6. The van der Waals surface area contributed by atoms with Crippen LogP contribution in [0.4, 0.5) is 9.18 Å². The van der Waals surface area contributed by atoms with Crippen molar-refractivity contribution in [2.75, 3.05) is 26.7 Å². The predicted octanol–water partition coefficient (Wildman–Crippen LogP) is 2.49. The maximum atomic E-state index is 13.3. The van der Waals surface area contributed by atoms with E-state index in [1.165, 1.54) is 17.7 Å². The van der Waals surface area contributed by atoms with Gasteiger partial charge in [0, 0.05) is 26.1 Å². The number of likely N-dealkylation sites (tertiary alicyclic amines) is 1. The Labute approximate surface area is 198 Å². The van der Waals surface area contributed by atoms with Crippen LogP contribution in [0.5, 0.6) is 5.75 Å². The Kier molecular flexibility index (Phi) is 7.18. The molecule has 0 unspecified atom stereocenters. The van der Waals surface area contributed by atoms with Crippen molar-refractivity contribution in [2.45, 2.75) is 37.4 Å². The van der Waals surface area contributed by atoms with Gasteiger partial charge in [0.05, 0.1) is 12.2 Å². The van der Waals surface area contributed by atoms with E-state index in [9.17, 15) is 9.18 Å². The van der Waals surface area contributed by atoms with Gasteiger partial charge in [-0.25, -0.2) is 15.0 Å². The van der Waals surface area contributed by atoms with Crippen LogP contribution in [0.2, 0.25) is 0 Å². The molecule has 182 valence electrons. The van der Waals surface area contributed by atoms with Gasteiger partial charge in [-0.1, -0.05) is 24.3 Å². The van der Waals surface area contributed by atoms with E-state index in [4.69, 9.17) is 21.2 Å². The molecule has 2 amide bonds. The van der Waals surface area contributed by atoms with Crippen molar-refractivity contribution in [3.05, 3.63) is 65.5 Å². The van der Waals surface area contributed by atoms with Crippen LogP contribution in [0.3, 0.4) is 0 Å². The molecule has 0 aromatic heterocycles. The standard InChI is InChI=1S/C24H31FN6O3/c1-30(27)22(29-26)28-23(32)31-11-9-24(10-12-31)14-19(16-34-24)18-5-7-21(8-6-18)33-15-17-3-2-4-20(25)13-17/h2-8,13,19H,9-12,14-16,26-27H2,1H3,(H,28,29,32)/t19-/m1/s1. The number of carbonyl (C=O) groups is 1. The molecule has 2 aliphatic rings. The molecule has 2 aromatic rings. The second kappa shape index (κ2) is 10.3. The highest BCUT2D eigenvalue weighted by Crippen LogP contribution is 2.43. The summed E-state index contributed by atoms with van der Waals surface area (Å²) in [6, 6.07) is 14.1. The first-order valence-electron chi connectivity index (χ1n) is 11.3. The van der Waals surface area contributed by atoms with Gasteiger partial charge < -0.3 is 20.2 Å². The van der Waals surface area contributed by atoms with Crippen molar-refractivity contribution in [1.82, 2.24) is 15.2 Å². The average Bonchev–Trinajstić information content (AvgIpc) is 3.25. The number of rotatable bonds is 4. The van der Waals surface area contributed by atoms with Crippen molar-refractivity contribution >= 4 is 12.0 Å². The molecule has 2 saturated heterocycles. The molecular weight excluding hydrogens is 439 g/mol. The van der Waals surface area contributed by atoms with Crippen LogP contribution in [0.1, 0.15) is 36.3 Å². The Bertz CT molecular complexity index is 1020. The summed E-state index contributed by atoms with van der Waals surface area (Å²) >= 11 is 0. The molecule has 9 nitrogen and oxygen atoms in total. The third-order valence-electron chi connectivity index (χ3n) is 6.49. The van der Waals surface area contributed by atoms with E-state index >= 15 is 0 Å². The number of benzene rings is 2. The van der Waals surface area contributed by atoms with Gasteiger partial charge in [0.15, 0.2) is 0 Å². The maximum Gasteiger partial charge on any atom is 0.324 e. The molecule has 0 radical (unpaired) electrons. The summed E-state index contributed by atoms with van der Waals surface area (Å²) in [4.78, 5) is 14.2. The zero-order chi connectivity index (χ0) is 24.1. The third kappa shape index (κ3) is 5.57. The minimum absolute atomic E-state index is 0.103. The molecule has 2 aromatic carbocycles. The van der Waals surface area contributed by atoms with Gasteiger partial charge in [-0.05, 0) is 54.7 Å². The molecule has 2 heterocycles. The van der Waals surface area contributed by atoms with E-state index in [0.717, 1.165) is 35.6 Å². The fraction of sp³-hybridized carbons (Fsp3) is 0.417. The Morgan fingerprint density at radius 2 is 2.03 bits per heavy atom. The number of halogens is 1. The fourth-order valence-electron chi connectivity index (χ4n) is 4.54. The molecule has 4 rings (SSSR count). The molecule has 0 aliphatic carbocycles. The highest BCUT2D eigenvalue weighted by atomic mass is 19.1. The van der Waals surface area contributed by atoms with E-state index in [1.54, 1.807) is 18.0 Å². The number of nitrogens with one attached hydrogen (secondary N) is 1. The molecule has 10 heteroatoms. The number of guanidine groups is 1. The van der Waals surface area contributed by atoms with E-state index in [2.05, 4.69) is 22.6 Å². The van der Waals surface area contributed by atoms with Crippen LogP contribution < -0.4 is 21.7 Å². The Balaban J connectivity index is 1.27. The van der Waals surface area contributed by atoms with Crippen LogP contribution in [0.15, 0.2) is 53.6 Å². The quantitative estimate of drug-likeness (QED) is 0.273. The molecule has 5 N–H and O–H groups in total. The van der Waals surface area contributed by atoms with Crippen molar-refractivity contribution in [3.63, 3.8) is 0 Å². The first-order valence-corrected chi connectivity index (χ1v) is 11.3. The molecule has 0 saturated carbocycles. The first-order chi connectivity index (χ1) is 16.4. The summed E-state index contributed by atoms with van der Waals surface area (Å²) < 4.78 is 25.4. The Morgan fingerprint density at radius 3 is 2.68 bits per heavy atom. The predicted molar refractivity (Wildman–Crippen MR) is 126 cm³/mol. The zero-order valence-electron chi connectivity index (χ0n) is 19.2. The summed E-state index contributed by atoms with van der Waals surface area (Å²) in [7, 11) is 1.55. The highest BCUT2D eigenvalue weighted by molar-refractivity contribution is 5.95. The smallest absolute Gasteiger partial charge is 0.324 e. The minimum atomic E-state index is -0.278. The molecule has 0 bridgehead atoms. The molecule has 2 fully saturated rings. The second-order valence-corrected chi connectivity index (χ2v) is 8.86. The van der Waals surface area contributed by atoms with E-state index in [-0.39, 0.29) is 23.4 Å². The number of carbonyl (C=O) groups excluding carboxylic acids is 1. The average molecular weight is 471 g/mol. The fourth-order valence-corrected chi connectivity index (χ4v) is 4.54. The second-order valence-electron chi connectivity index (χ2n) is 8.86. The summed E-state index contributed by atoms with van der Waals surface area (Å²) in [5.41, 5.74) is 1.77. The number of amides is 2. The lowest BCUT2D eigenvalue weighted by molar-refractivity contribution is -0.0360. The monoisotopic (exact) mass is 470 g/mol. The summed E-state index contributed by atoms with van der Waals surface area (Å²) in [5, 5.41) is 7.26. The van der Waals surface area contributed by atoms with Crippen LogP contribution in [0.25, 0.3) is 0 Å². The van der Waals surface area contributed by atoms with Gasteiger partial charge in [-0.2, -0.15) is 0 Å². The number of ether oxygens (including phenoxy) is 2. The molecule has 1 spiro atoms. The lowest BCUT2D eigenvalue weighted by atomic mass is 9.83. The molecular formula is C24H31FN6O3. The molecule has 2 aliphatic heterocycles. The highest BCUT2D eigenvalue weighted by Gasteiger charge is 2.43. The van der Waals surface area contributed by atoms with Crippen LogP contribution in [0, 0.1) is 5.82 Å². The van der Waals surface area contributed by atoms with Crippen LogP contribution in [-0.2, 0) is 11.3 Å². The number of hydrazone groups is 1. The number of nitrogens with zero attached hydrogens (tertiary/aromatic N) is 3. The lowest BCUT2D eigenvalue weighted by Gasteiger charge is -2.38. The van der Waals surface area contributed by atoms with Gasteiger partial charge in [0.25, 0.3) is 0 Å². The van der Waals surface area contributed by atoms with Crippen LogP contribution >= 0.6 is 0 Å².